The fourth-order valence-electron chi connectivity index (χ4n) is 4.99. The minimum absolute atomic E-state index is 0.00234. The van der Waals surface area contributed by atoms with Crippen LogP contribution in [-0.4, -0.2) is 72.9 Å². The maximum absolute atomic E-state index is 13.5. The first-order valence-corrected chi connectivity index (χ1v) is 14.2. The molecule has 0 spiro atoms. The van der Waals surface area contributed by atoms with Gasteiger partial charge < -0.3 is 4.74 Å². The fraction of sp³-hybridized carbons (Fsp3) is 0.393. The zero-order valence-corrected chi connectivity index (χ0v) is 21.7. The zero-order chi connectivity index (χ0) is 25.7. The van der Waals surface area contributed by atoms with Crippen molar-refractivity contribution in [3.63, 3.8) is 0 Å². The number of halogens is 1. The molecule has 0 saturated carbocycles. The second-order valence-electron chi connectivity index (χ2n) is 9.74. The topological polar surface area (TPSA) is 66.0 Å². The number of pyridine rings is 1. The van der Waals surface area contributed by atoms with E-state index >= 15 is 0 Å². The lowest BCUT2D eigenvalue weighted by Gasteiger charge is -2.34. The van der Waals surface area contributed by atoms with E-state index in [4.69, 9.17) is 4.74 Å². The molecule has 2 fully saturated rings. The molecule has 5 rings (SSSR count). The molecular weight excluding hydrogens is 491 g/mol. The molecule has 3 aromatic rings. The average Bonchev–Trinajstić information content (AvgIpc) is 2.91. The number of sulfonamides is 1. The van der Waals surface area contributed by atoms with Crippen LogP contribution in [0.25, 0.3) is 0 Å². The quantitative estimate of drug-likeness (QED) is 0.447. The lowest BCUT2D eigenvalue weighted by atomic mass is 10.1. The van der Waals surface area contributed by atoms with Crippen molar-refractivity contribution in [2.45, 2.75) is 36.9 Å². The smallest absolute Gasteiger partial charge is 0.243 e. The van der Waals surface area contributed by atoms with Gasteiger partial charge >= 0.3 is 0 Å². The molecule has 196 valence electrons. The predicted molar refractivity (Wildman–Crippen MR) is 140 cm³/mol. The van der Waals surface area contributed by atoms with Gasteiger partial charge in [0.05, 0.1) is 4.90 Å². The van der Waals surface area contributed by atoms with Gasteiger partial charge in [0.15, 0.2) is 0 Å². The van der Waals surface area contributed by atoms with Crippen LogP contribution in [0.1, 0.15) is 24.0 Å². The third kappa shape index (κ3) is 6.73. The molecule has 0 bridgehead atoms. The normalized spacial score (nSPS) is 18.6. The van der Waals surface area contributed by atoms with Crippen molar-refractivity contribution in [3.8, 4) is 5.75 Å². The van der Waals surface area contributed by atoms with E-state index in [0.717, 1.165) is 51.1 Å². The highest BCUT2D eigenvalue weighted by molar-refractivity contribution is 7.89. The molecule has 0 N–H and O–H groups in total. The van der Waals surface area contributed by atoms with Crippen molar-refractivity contribution in [1.29, 1.82) is 0 Å². The molecule has 3 heterocycles. The second kappa shape index (κ2) is 11.7. The number of aromatic nitrogens is 1. The van der Waals surface area contributed by atoms with Gasteiger partial charge in [-0.05, 0) is 60.4 Å². The summed E-state index contributed by atoms with van der Waals surface area (Å²) in [5.74, 6) is 0.268. The monoisotopic (exact) mass is 524 g/mol. The van der Waals surface area contributed by atoms with E-state index in [9.17, 15) is 12.8 Å². The van der Waals surface area contributed by atoms with Gasteiger partial charge in [-0.2, -0.15) is 4.31 Å². The minimum Gasteiger partial charge on any atom is -0.490 e. The van der Waals surface area contributed by atoms with Crippen LogP contribution in [-0.2, 0) is 23.1 Å². The number of ether oxygens (including phenoxy) is 1. The summed E-state index contributed by atoms with van der Waals surface area (Å²) in [7, 11) is -3.70. The molecular formula is C28H33FN4O3S. The van der Waals surface area contributed by atoms with E-state index in [1.807, 2.05) is 30.6 Å². The molecule has 0 aliphatic carbocycles. The Balaban J connectivity index is 1.10. The third-order valence-corrected chi connectivity index (χ3v) is 8.93. The SMILES string of the molecule is O=S(=O)(c1cccc(F)c1)N1CCC(Oc2cccc(CN3CCN(Cc4cccnc4)CC3)c2)CC1. The predicted octanol–water partition coefficient (Wildman–Crippen LogP) is 3.77. The molecule has 0 atom stereocenters. The maximum Gasteiger partial charge on any atom is 0.243 e. The van der Waals surface area contributed by atoms with E-state index in [1.54, 1.807) is 0 Å². The third-order valence-electron chi connectivity index (χ3n) is 7.04. The van der Waals surface area contributed by atoms with Crippen LogP contribution in [0.15, 0.2) is 78.0 Å². The Morgan fingerprint density at radius 2 is 1.51 bits per heavy atom. The fourth-order valence-corrected chi connectivity index (χ4v) is 6.49. The lowest BCUT2D eigenvalue weighted by molar-refractivity contribution is 0.121. The van der Waals surface area contributed by atoms with Crippen molar-refractivity contribution in [2.75, 3.05) is 39.3 Å². The van der Waals surface area contributed by atoms with Crippen molar-refractivity contribution in [1.82, 2.24) is 19.1 Å². The van der Waals surface area contributed by atoms with Gasteiger partial charge in [-0.3, -0.25) is 14.8 Å². The number of rotatable bonds is 8. The van der Waals surface area contributed by atoms with E-state index in [1.165, 1.54) is 33.6 Å². The Bertz CT molecular complexity index is 1280. The van der Waals surface area contributed by atoms with Crippen molar-refractivity contribution in [3.05, 3.63) is 90.0 Å². The molecule has 2 aromatic carbocycles. The molecule has 37 heavy (non-hydrogen) atoms. The van der Waals surface area contributed by atoms with Crippen LogP contribution in [0.4, 0.5) is 4.39 Å². The van der Waals surface area contributed by atoms with Crippen LogP contribution < -0.4 is 4.74 Å². The summed E-state index contributed by atoms with van der Waals surface area (Å²) >= 11 is 0. The Kier molecular flexibility index (Phi) is 8.14. The summed E-state index contributed by atoms with van der Waals surface area (Å²) < 4.78 is 46.9. The molecule has 7 nitrogen and oxygen atoms in total. The number of nitrogens with zero attached hydrogens (tertiary/aromatic N) is 4. The number of hydrogen-bond acceptors (Lipinski definition) is 6. The van der Waals surface area contributed by atoms with Crippen molar-refractivity contribution >= 4 is 10.0 Å². The number of piperidine rings is 1. The van der Waals surface area contributed by atoms with E-state index in [2.05, 4.69) is 33.0 Å². The largest absolute Gasteiger partial charge is 0.490 e. The van der Waals surface area contributed by atoms with Crippen LogP contribution in [0.3, 0.4) is 0 Å². The van der Waals surface area contributed by atoms with E-state index in [0.29, 0.717) is 25.9 Å². The number of benzene rings is 2. The Labute approximate surface area is 218 Å². The summed E-state index contributed by atoms with van der Waals surface area (Å²) in [5, 5.41) is 0. The Hall–Kier alpha value is -2.85. The summed E-state index contributed by atoms with van der Waals surface area (Å²) in [6, 6.07) is 17.5. The molecule has 9 heteroatoms. The van der Waals surface area contributed by atoms with Crippen LogP contribution in [0.5, 0.6) is 5.75 Å². The van der Waals surface area contributed by atoms with Gasteiger partial charge in [-0.1, -0.05) is 24.3 Å². The van der Waals surface area contributed by atoms with Gasteiger partial charge in [0.2, 0.25) is 10.0 Å². The number of piperazine rings is 1. The highest BCUT2D eigenvalue weighted by Gasteiger charge is 2.30. The molecule has 2 aliphatic rings. The van der Waals surface area contributed by atoms with Gasteiger partial charge in [-0.25, -0.2) is 12.8 Å². The summed E-state index contributed by atoms with van der Waals surface area (Å²) in [5.41, 5.74) is 2.46. The van der Waals surface area contributed by atoms with E-state index in [-0.39, 0.29) is 11.0 Å². The van der Waals surface area contributed by atoms with Crippen molar-refractivity contribution in [2.24, 2.45) is 0 Å². The standard InChI is InChI=1S/C28H33FN4O3S/c29-25-6-2-8-28(19-25)37(34,35)33-12-9-26(10-13-33)36-27-7-1-4-23(18-27)21-31-14-16-32(17-15-31)22-24-5-3-11-30-20-24/h1-8,11,18-20,26H,9-10,12-17,21-22H2. The Morgan fingerprint density at radius 1 is 0.838 bits per heavy atom. The summed E-state index contributed by atoms with van der Waals surface area (Å²) in [4.78, 5) is 9.14. The summed E-state index contributed by atoms with van der Waals surface area (Å²) in [6.45, 7) is 6.62. The molecule has 2 aliphatic heterocycles. The van der Waals surface area contributed by atoms with Gasteiger partial charge in [-0.15, -0.1) is 0 Å². The first-order chi connectivity index (χ1) is 18.0. The Morgan fingerprint density at radius 3 is 2.19 bits per heavy atom. The first kappa shape index (κ1) is 25.8. The average molecular weight is 525 g/mol. The first-order valence-electron chi connectivity index (χ1n) is 12.8. The molecule has 0 amide bonds. The highest BCUT2D eigenvalue weighted by atomic mass is 32.2. The number of hydrogen-bond donors (Lipinski definition) is 0. The maximum atomic E-state index is 13.5. The van der Waals surface area contributed by atoms with Crippen LogP contribution in [0.2, 0.25) is 0 Å². The highest BCUT2D eigenvalue weighted by Crippen LogP contribution is 2.25. The minimum atomic E-state index is -3.70. The van der Waals surface area contributed by atoms with Gasteiger partial charge in [0, 0.05) is 64.8 Å². The molecule has 0 radical (unpaired) electrons. The molecule has 2 saturated heterocycles. The lowest BCUT2D eigenvalue weighted by Crippen LogP contribution is -2.45. The van der Waals surface area contributed by atoms with Gasteiger partial charge in [0.1, 0.15) is 17.7 Å². The second-order valence-corrected chi connectivity index (χ2v) is 11.7. The molecule has 1 aromatic heterocycles. The van der Waals surface area contributed by atoms with Crippen molar-refractivity contribution < 1.29 is 17.5 Å². The zero-order valence-electron chi connectivity index (χ0n) is 20.9. The van der Waals surface area contributed by atoms with Gasteiger partial charge in [0.25, 0.3) is 0 Å². The van der Waals surface area contributed by atoms with E-state index < -0.39 is 15.8 Å². The van der Waals surface area contributed by atoms with Crippen LogP contribution in [0, 0.1) is 5.82 Å². The molecule has 0 unspecified atom stereocenters. The summed E-state index contributed by atoms with van der Waals surface area (Å²) in [6.07, 6.45) is 4.88. The van der Waals surface area contributed by atoms with Crippen LogP contribution >= 0.6 is 0 Å².